The summed E-state index contributed by atoms with van der Waals surface area (Å²) in [7, 11) is 0. The average Bonchev–Trinajstić information content (AvgIpc) is 2.62. The van der Waals surface area contributed by atoms with Gasteiger partial charge in [0.2, 0.25) is 0 Å². The zero-order chi connectivity index (χ0) is 17.9. The van der Waals surface area contributed by atoms with Gasteiger partial charge in [-0.1, -0.05) is 55.3 Å². The van der Waals surface area contributed by atoms with Crippen LogP contribution in [-0.2, 0) is 13.0 Å². The van der Waals surface area contributed by atoms with Crippen LogP contribution in [0.1, 0.15) is 37.8 Å². The van der Waals surface area contributed by atoms with E-state index in [4.69, 9.17) is 21.1 Å². The van der Waals surface area contributed by atoms with Gasteiger partial charge in [0.1, 0.15) is 0 Å². The van der Waals surface area contributed by atoms with Crippen molar-refractivity contribution in [1.82, 2.24) is 5.32 Å². The Labute approximate surface area is 168 Å². The molecular formula is C21H29Cl2NO2. The Morgan fingerprint density at radius 3 is 2.46 bits per heavy atom. The van der Waals surface area contributed by atoms with E-state index in [9.17, 15) is 0 Å². The lowest BCUT2D eigenvalue weighted by molar-refractivity contribution is 0.272. The van der Waals surface area contributed by atoms with Crippen molar-refractivity contribution in [1.29, 1.82) is 0 Å². The van der Waals surface area contributed by atoms with E-state index in [1.807, 2.05) is 25.1 Å². The van der Waals surface area contributed by atoms with Gasteiger partial charge in [-0.25, -0.2) is 0 Å². The summed E-state index contributed by atoms with van der Waals surface area (Å²) in [6.07, 6.45) is 3.10. The van der Waals surface area contributed by atoms with Crippen molar-refractivity contribution >= 4 is 24.0 Å². The first-order valence-corrected chi connectivity index (χ1v) is 9.45. The topological polar surface area (TPSA) is 30.5 Å². The average molecular weight is 398 g/mol. The first-order chi connectivity index (χ1) is 12.2. The van der Waals surface area contributed by atoms with E-state index in [-0.39, 0.29) is 12.4 Å². The number of ether oxygens (including phenoxy) is 2. The van der Waals surface area contributed by atoms with E-state index in [1.165, 1.54) is 5.56 Å². The van der Waals surface area contributed by atoms with Crippen molar-refractivity contribution in [3.05, 3.63) is 58.6 Å². The summed E-state index contributed by atoms with van der Waals surface area (Å²) in [6.45, 7) is 7.02. The van der Waals surface area contributed by atoms with Gasteiger partial charge >= 0.3 is 0 Å². The fraction of sp³-hybridized carbons (Fsp3) is 0.429. The molecule has 0 bridgehead atoms. The van der Waals surface area contributed by atoms with Crippen LogP contribution in [0.4, 0.5) is 0 Å². The summed E-state index contributed by atoms with van der Waals surface area (Å²) in [5.74, 6) is 1.39. The summed E-state index contributed by atoms with van der Waals surface area (Å²) in [5, 5.41) is 4.08. The molecule has 1 N–H and O–H groups in total. The molecule has 0 amide bonds. The van der Waals surface area contributed by atoms with Crippen LogP contribution in [0.25, 0.3) is 0 Å². The zero-order valence-corrected chi connectivity index (χ0v) is 17.2. The number of hydrogen-bond acceptors (Lipinski definition) is 3. The lowest BCUT2D eigenvalue weighted by Gasteiger charge is -2.15. The molecule has 0 aliphatic heterocycles. The molecule has 0 spiro atoms. The van der Waals surface area contributed by atoms with Crippen LogP contribution in [0.3, 0.4) is 0 Å². The van der Waals surface area contributed by atoms with Crippen molar-refractivity contribution in [2.75, 3.05) is 19.8 Å². The largest absolute Gasteiger partial charge is 0.490 e. The molecule has 2 aromatic carbocycles. The lowest BCUT2D eigenvalue weighted by atomic mass is 10.1. The van der Waals surface area contributed by atoms with Crippen molar-refractivity contribution in [2.24, 2.45) is 0 Å². The van der Waals surface area contributed by atoms with E-state index in [2.05, 4.69) is 36.5 Å². The lowest BCUT2D eigenvalue weighted by Crippen LogP contribution is -2.16. The molecule has 0 unspecified atom stereocenters. The Bertz CT molecular complexity index is 635. The Morgan fingerprint density at radius 2 is 1.77 bits per heavy atom. The second-order valence-electron chi connectivity index (χ2n) is 5.95. The molecular weight excluding hydrogens is 369 g/mol. The highest BCUT2D eigenvalue weighted by atomic mass is 35.5. The quantitative estimate of drug-likeness (QED) is 0.495. The van der Waals surface area contributed by atoms with Gasteiger partial charge in [-0.05, 0) is 49.6 Å². The van der Waals surface area contributed by atoms with E-state index in [0.717, 1.165) is 43.7 Å². The number of nitrogens with one attached hydrogen (secondary N) is 1. The molecule has 0 aliphatic rings. The van der Waals surface area contributed by atoms with Crippen LogP contribution in [-0.4, -0.2) is 19.8 Å². The Morgan fingerprint density at radius 1 is 1.00 bits per heavy atom. The molecule has 2 aromatic rings. The predicted octanol–water partition coefficient (Wildman–Crippen LogP) is 5.67. The minimum absolute atomic E-state index is 0. The second-order valence-corrected chi connectivity index (χ2v) is 6.36. The van der Waals surface area contributed by atoms with Crippen LogP contribution >= 0.6 is 24.0 Å². The number of hydrogen-bond donors (Lipinski definition) is 1. The summed E-state index contributed by atoms with van der Waals surface area (Å²) in [4.78, 5) is 0. The van der Waals surface area contributed by atoms with Gasteiger partial charge in [0, 0.05) is 6.54 Å². The fourth-order valence-corrected chi connectivity index (χ4v) is 2.84. The molecule has 144 valence electrons. The number of unbranched alkanes of at least 4 members (excludes halogenated alkanes) is 1. The second kappa shape index (κ2) is 12.9. The molecule has 0 aromatic heterocycles. The standard InChI is InChI=1S/C21H28ClNO2.ClH/c1-3-5-13-25-21-19(22)14-18(15-20(21)24-4-2)16-23-12-11-17-9-7-6-8-10-17;/h6-10,14-15,23H,3-5,11-13,16H2,1-2H3;1H. The Hall–Kier alpha value is -1.42. The molecule has 0 atom stereocenters. The third-order valence-electron chi connectivity index (χ3n) is 3.88. The number of benzene rings is 2. The minimum atomic E-state index is 0. The van der Waals surface area contributed by atoms with Gasteiger partial charge in [0.25, 0.3) is 0 Å². The Balaban J connectivity index is 0.00000338. The van der Waals surface area contributed by atoms with Crippen molar-refractivity contribution in [3.8, 4) is 11.5 Å². The SMILES string of the molecule is CCCCOc1c(Cl)cc(CNCCc2ccccc2)cc1OCC.Cl. The first kappa shape index (κ1) is 22.6. The molecule has 0 radical (unpaired) electrons. The maximum Gasteiger partial charge on any atom is 0.179 e. The van der Waals surface area contributed by atoms with E-state index >= 15 is 0 Å². The van der Waals surface area contributed by atoms with E-state index in [0.29, 0.717) is 24.0 Å². The van der Waals surface area contributed by atoms with Crippen molar-refractivity contribution in [3.63, 3.8) is 0 Å². The number of rotatable bonds is 11. The van der Waals surface area contributed by atoms with Gasteiger partial charge in [0.15, 0.2) is 11.5 Å². The van der Waals surface area contributed by atoms with Crippen LogP contribution in [0.2, 0.25) is 5.02 Å². The molecule has 3 nitrogen and oxygen atoms in total. The summed E-state index contributed by atoms with van der Waals surface area (Å²) >= 11 is 6.43. The summed E-state index contributed by atoms with van der Waals surface area (Å²) < 4.78 is 11.5. The normalized spacial score (nSPS) is 10.3. The summed E-state index contributed by atoms with van der Waals surface area (Å²) in [5.41, 5.74) is 2.44. The Kier molecular flexibility index (Phi) is 11.2. The predicted molar refractivity (Wildman–Crippen MR) is 112 cm³/mol. The molecule has 0 saturated heterocycles. The van der Waals surface area contributed by atoms with Crippen LogP contribution in [0.5, 0.6) is 11.5 Å². The third-order valence-corrected chi connectivity index (χ3v) is 4.16. The van der Waals surface area contributed by atoms with Crippen LogP contribution < -0.4 is 14.8 Å². The number of halogens is 2. The molecule has 0 aliphatic carbocycles. The summed E-state index contributed by atoms with van der Waals surface area (Å²) in [6, 6.07) is 14.5. The first-order valence-electron chi connectivity index (χ1n) is 9.07. The smallest absolute Gasteiger partial charge is 0.179 e. The monoisotopic (exact) mass is 397 g/mol. The fourth-order valence-electron chi connectivity index (χ4n) is 2.56. The van der Waals surface area contributed by atoms with Gasteiger partial charge in [0.05, 0.1) is 18.2 Å². The molecule has 0 saturated carbocycles. The van der Waals surface area contributed by atoms with E-state index < -0.39 is 0 Å². The maximum atomic E-state index is 6.43. The third kappa shape index (κ3) is 7.45. The molecule has 2 rings (SSSR count). The highest BCUT2D eigenvalue weighted by molar-refractivity contribution is 6.32. The van der Waals surface area contributed by atoms with Gasteiger partial charge < -0.3 is 14.8 Å². The van der Waals surface area contributed by atoms with Gasteiger partial charge in [-0.3, -0.25) is 0 Å². The highest BCUT2D eigenvalue weighted by Gasteiger charge is 2.12. The maximum absolute atomic E-state index is 6.43. The van der Waals surface area contributed by atoms with Crippen molar-refractivity contribution < 1.29 is 9.47 Å². The van der Waals surface area contributed by atoms with Gasteiger partial charge in [-0.15, -0.1) is 12.4 Å². The zero-order valence-electron chi connectivity index (χ0n) is 15.6. The molecule has 0 heterocycles. The minimum Gasteiger partial charge on any atom is -0.490 e. The highest BCUT2D eigenvalue weighted by Crippen LogP contribution is 2.36. The molecule has 0 fully saturated rings. The van der Waals surface area contributed by atoms with Gasteiger partial charge in [-0.2, -0.15) is 0 Å². The molecule has 5 heteroatoms. The van der Waals surface area contributed by atoms with E-state index in [1.54, 1.807) is 0 Å². The van der Waals surface area contributed by atoms with Crippen LogP contribution in [0.15, 0.2) is 42.5 Å². The van der Waals surface area contributed by atoms with Crippen LogP contribution in [0, 0.1) is 0 Å². The van der Waals surface area contributed by atoms with Crippen molar-refractivity contribution in [2.45, 2.75) is 39.7 Å². The molecule has 26 heavy (non-hydrogen) atoms.